The third-order valence-corrected chi connectivity index (χ3v) is 4.13. The number of hydrogen-bond acceptors (Lipinski definition) is 4. The average Bonchev–Trinajstić information content (AvgIpc) is 3.13. The largest absolute Gasteiger partial charge is 0.336 e. The van der Waals surface area contributed by atoms with E-state index < -0.39 is 6.03 Å². The summed E-state index contributed by atoms with van der Waals surface area (Å²) in [6.45, 7) is 1.09. The number of rotatable bonds is 4. The number of nitrogens with zero attached hydrogens (tertiary/aromatic N) is 4. The first kappa shape index (κ1) is 14.6. The Morgan fingerprint density at radius 1 is 1.36 bits per heavy atom. The smallest absolute Gasteiger partial charge is 0.325 e. The van der Waals surface area contributed by atoms with Crippen LogP contribution in [0, 0.1) is 0 Å². The van der Waals surface area contributed by atoms with Crippen molar-refractivity contribution in [1.82, 2.24) is 24.9 Å². The summed E-state index contributed by atoms with van der Waals surface area (Å²) in [4.78, 5) is 38.4. The molecule has 0 radical (unpaired) electrons. The van der Waals surface area contributed by atoms with E-state index in [0.717, 1.165) is 24.2 Å². The first-order valence-corrected chi connectivity index (χ1v) is 7.50. The Balaban J connectivity index is 1.66. The Bertz CT molecular complexity index is 555. The van der Waals surface area contributed by atoms with Crippen LogP contribution in [0.3, 0.4) is 0 Å². The van der Waals surface area contributed by atoms with Crippen LogP contribution in [0.5, 0.6) is 0 Å². The molecule has 2 saturated heterocycles. The van der Waals surface area contributed by atoms with Crippen molar-refractivity contribution >= 4 is 17.8 Å². The average molecular weight is 305 g/mol. The van der Waals surface area contributed by atoms with E-state index in [1.54, 1.807) is 11.1 Å². The van der Waals surface area contributed by atoms with Crippen LogP contribution >= 0.6 is 0 Å². The fourth-order valence-electron chi connectivity index (χ4n) is 2.98. The van der Waals surface area contributed by atoms with Crippen molar-refractivity contribution in [2.45, 2.75) is 31.8 Å². The Kier molecular flexibility index (Phi) is 4.08. The molecule has 4 amide bonds. The molecule has 118 valence electrons. The van der Waals surface area contributed by atoms with Crippen molar-refractivity contribution < 1.29 is 14.4 Å². The summed E-state index contributed by atoms with van der Waals surface area (Å²) in [5, 5.41) is 6.61. The molecule has 2 aliphatic rings. The van der Waals surface area contributed by atoms with Gasteiger partial charge in [0, 0.05) is 18.9 Å². The van der Waals surface area contributed by atoms with Crippen molar-refractivity contribution in [3.05, 3.63) is 18.5 Å². The summed E-state index contributed by atoms with van der Waals surface area (Å²) < 4.78 is 1.81. The number of amides is 4. The lowest BCUT2D eigenvalue weighted by molar-refractivity contribution is -0.139. The van der Waals surface area contributed by atoms with Crippen LogP contribution in [0.1, 0.15) is 19.3 Å². The quantitative estimate of drug-likeness (QED) is 0.781. The van der Waals surface area contributed by atoms with E-state index in [2.05, 4.69) is 10.4 Å². The topological polar surface area (TPSA) is 87.5 Å². The highest BCUT2D eigenvalue weighted by atomic mass is 16.2. The second-order valence-corrected chi connectivity index (χ2v) is 5.60. The fourth-order valence-corrected chi connectivity index (χ4v) is 2.98. The van der Waals surface area contributed by atoms with Crippen molar-refractivity contribution in [1.29, 1.82) is 0 Å². The molecule has 1 aromatic rings. The van der Waals surface area contributed by atoms with Gasteiger partial charge in [-0.25, -0.2) is 4.79 Å². The minimum atomic E-state index is -0.487. The second kappa shape index (κ2) is 6.17. The van der Waals surface area contributed by atoms with Gasteiger partial charge in [-0.3, -0.25) is 19.2 Å². The predicted molar refractivity (Wildman–Crippen MR) is 76.7 cm³/mol. The van der Waals surface area contributed by atoms with E-state index in [0.29, 0.717) is 13.1 Å². The van der Waals surface area contributed by atoms with E-state index in [9.17, 15) is 14.4 Å². The van der Waals surface area contributed by atoms with Gasteiger partial charge in [0.1, 0.15) is 6.54 Å². The molecule has 1 atom stereocenters. The molecule has 8 nitrogen and oxygen atoms in total. The number of nitrogens with one attached hydrogen (secondary N) is 1. The second-order valence-electron chi connectivity index (χ2n) is 5.60. The van der Waals surface area contributed by atoms with Crippen LogP contribution in [-0.4, -0.2) is 63.1 Å². The van der Waals surface area contributed by atoms with Gasteiger partial charge in [-0.05, 0) is 25.3 Å². The molecule has 0 aromatic carbocycles. The summed E-state index contributed by atoms with van der Waals surface area (Å²) in [5.74, 6) is -0.527. The van der Waals surface area contributed by atoms with Gasteiger partial charge in [0.15, 0.2) is 0 Å². The van der Waals surface area contributed by atoms with Crippen molar-refractivity contribution in [3.8, 4) is 0 Å². The summed E-state index contributed by atoms with van der Waals surface area (Å²) in [6.07, 6.45) is 6.50. The van der Waals surface area contributed by atoms with Crippen LogP contribution in [-0.2, 0) is 16.1 Å². The van der Waals surface area contributed by atoms with Gasteiger partial charge in [-0.2, -0.15) is 5.10 Å². The molecular formula is C14H19N5O3. The molecule has 0 spiro atoms. The zero-order chi connectivity index (χ0) is 15.5. The first-order chi connectivity index (χ1) is 10.6. The minimum absolute atomic E-state index is 0.0250. The lowest BCUT2D eigenvalue weighted by Gasteiger charge is -2.36. The molecule has 8 heteroatoms. The Labute approximate surface area is 128 Å². The number of likely N-dealkylation sites (tertiary alicyclic amines) is 1. The Hall–Kier alpha value is -2.38. The van der Waals surface area contributed by atoms with Gasteiger partial charge in [-0.15, -0.1) is 0 Å². The molecule has 2 fully saturated rings. The van der Waals surface area contributed by atoms with E-state index in [-0.39, 0.29) is 30.9 Å². The van der Waals surface area contributed by atoms with Gasteiger partial charge in [0.25, 0.3) is 5.91 Å². The highest BCUT2D eigenvalue weighted by Gasteiger charge is 2.34. The summed E-state index contributed by atoms with van der Waals surface area (Å²) >= 11 is 0. The number of urea groups is 1. The van der Waals surface area contributed by atoms with Crippen LogP contribution in [0.2, 0.25) is 0 Å². The van der Waals surface area contributed by atoms with Crippen molar-refractivity contribution in [2.24, 2.45) is 0 Å². The van der Waals surface area contributed by atoms with Crippen LogP contribution in [0.4, 0.5) is 4.79 Å². The van der Waals surface area contributed by atoms with E-state index in [1.165, 1.54) is 0 Å². The van der Waals surface area contributed by atoms with Gasteiger partial charge < -0.3 is 10.2 Å². The van der Waals surface area contributed by atoms with Gasteiger partial charge in [0.2, 0.25) is 5.91 Å². The van der Waals surface area contributed by atoms with Crippen molar-refractivity contribution in [3.63, 3.8) is 0 Å². The van der Waals surface area contributed by atoms with E-state index in [4.69, 9.17) is 0 Å². The number of imide groups is 1. The maximum absolute atomic E-state index is 12.5. The zero-order valence-electron chi connectivity index (χ0n) is 12.3. The summed E-state index contributed by atoms with van der Waals surface area (Å²) in [6, 6.07) is 1.42. The standard InChI is InChI=1S/C14H19N5O3/c20-12-8-15-14(22)19(12)10-13(21)18-7-2-1-4-11(18)9-17-6-3-5-16-17/h3,5-6,11H,1-2,4,7-10H2,(H,15,22)/t11-/m0/s1. The summed E-state index contributed by atoms with van der Waals surface area (Å²) in [7, 11) is 0. The molecule has 0 aliphatic carbocycles. The molecule has 0 unspecified atom stereocenters. The van der Waals surface area contributed by atoms with Crippen LogP contribution in [0.15, 0.2) is 18.5 Å². The third kappa shape index (κ3) is 2.95. The van der Waals surface area contributed by atoms with Crippen LogP contribution < -0.4 is 5.32 Å². The highest BCUT2D eigenvalue weighted by Crippen LogP contribution is 2.19. The van der Waals surface area contributed by atoms with Gasteiger partial charge in [-0.1, -0.05) is 0 Å². The SMILES string of the molecule is O=C1CNC(=O)N1CC(=O)N1CCCC[C@H]1Cn1cccn1. The molecule has 22 heavy (non-hydrogen) atoms. The Morgan fingerprint density at radius 3 is 2.91 bits per heavy atom. The van der Waals surface area contributed by atoms with E-state index >= 15 is 0 Å². The molecular weight excluding hydrogens is 286 g/mol. The zero-order valence-corrected chi connectivity index (χ0v) is 12.3. The third-order valence-electron chi connectivity index (χ3n) is 4.13. The van der Waals surface area contributed by atoms with Gasteiger partial charge >= 0.3 is 6.03 Å². The Morgan fingerprint density at radius 2 is 2.23 bits per heavy atom. The van der Waals surface area contributed by atoms with Crippen molar-refractivity contribution in [2.75, 3.05) is 19.6 Å². The molecule has 0 saturated carbocycles. The minimum Gasteiger partial charge on any atom is -0.336 e. The molecule has 3 heterocycles. The predicted octanol–water partition coefficient (Wildman–Crippen LogP) is -0.184. The first-order valence-electron chi connectivity index (χ1n) is 7.50. The summed E-state index contributed by atoms with van der Waals surface area (Å²) in [5.41, 5.74) is 0. The molecule has 1 aromatic heterocycles. The molecule has 1 N–H and O–H groups in total. The number of carbonyl (C=O) groups is 3. The normalized spacial score (nSPS) is 22.1. The number of carbonyl (C=O) groups excluding carboxylic acids is 3. The highest BCUT2D eigenvalue weighted by molar-refractivity contribution is 6.04. The number of aromatic nitrogens is 2. The maximum Gasteiger partial charge on any atom is 0.325 e. The molecule has 0 bridgehead atoms. The van der Waals surface area contributed by atoms with Gasteiger partial charge in [0.05, 0.1) is 19.1 Å². The monoisotopic (exact) mass is 305 g/mol. The lowest BCUT2D eigenvalue weighted by Crippen LogP contribution is -2.50. The molecule has 2 aliphatic heterocycles. The maximum atomic E-state index is 12.5. The lowest BCUT2D eigenvalue weighted by atomic mass is 10.0. The fraction of sp³-hybridized carbons (Fsp3) is 0.571. The van der Waals surface area contributed by atoms with Crippen LogP contribution in [0.25, 0.3) is 0 Å². The van der Waals surface area contributed by atoms with E-state index in [1.807, 2.05) is 16.9 Å². The number of piperidine rings is 1. The number of hydrogen-bond donors (Lipinski definition) is 1. The molecule has 3 rings (SSSR count).